The molecule has 0 saturated heterocycles. The van der Waals surface area contributed by atoms with Gasteiger partial charge in [0.1, 0.15) is 0 Å². The number of hydrogen-bond acceptors (Lipinski definition) is 5. The molecule has 7 nitrogen and oxygen atoms in total. The highest BCUT2D eigenvalue weighted by Gasteiger charge is 2.37. The summed E-state index contributed by atoms with van der Waals surface area (Å²) in [6.45, 7) is -2.19. The molecule has 0 aliphatic rings. The quantitative estimate of drug-likeness (QED) is 0.434. The SMILES string of the molecule is NC(=O)c1cccc(C(=O)O)c1C(CO)(CO)CO. The number of carbonyl (C=O) groups is 2. The van der Waals surface area contributed by atoms with Gasteiger partial charge in [-0.25, -0.2) is 4.79 Å². The predicted molar refractivity (Wildman–Crippen MR) is 64.9 cm³/mol. The van der Waals surface area contributed by atoms with Crippen LogP contribution < -0.4 is 5.73 Å². The minimum atomic E-state index is -1.65. The van der Waals surface area contributed by atoms with Crippen LogP contribution in [0.1, 0.15) is 26.3 Å². The Kier molecular flexibility index (Phi) is 4.60. The van der Waals surface area contributed by atoms with Gasteiger partial charge in [0, 0.05) is 5.56 Å². The van der Waals surface area contributed by atoms with E-state index in [2.05, 4.69) is 0 Å². The van der Waals surface area contributed by atoms with Gasteiger partial charge < -0.3 is 26.2 Å². The Balaban J connectivity index is 3.70. The summed E-state index contributed by atoms with van der Waals surface area (Å²) in [7, 11) is 0. The molecule has 0 aliphatic heterocycles. The summed E-state index contributed by atoms with van der Waals surface area (Å²) in [5.74, 6) is -2.25. The van der Waals surface area contributed by atoms with Gasteiger partial charge in [-0.15, -0.1) is 0 Å². The topological polar surface area (TPSA) is 141 Å². The molecule has 0 saturated carbocycles. The first kappa shape index (κ1) is 15.1. The summed E-state index contributed by atoms with van der Waals surface area (Å²) in [5, 5.41) is 37.3. The zero-order valence-electron chi connectivity index (χ0n) is 10.0. The normalized spacial score (nSPS) is 11.3. The van der Waals surface area contributed by atoms with E-state index in [0.29, 0.717) is 0 Å². The van der Waals surface area contributed by atoms with Crippen molar-refractivity contribution in [3.63, 3.8) is 0 Å². The average molecular weight is 269 g/mol. The highest BCUT2D eigenvalue weighted by atomic mass is 16.4. The molecular weight excluding hydrogens is 254 g/mol. The highest BCUT2D eigenvalue weighted by molar-refractivity contribution is 5.99. The first-order valence-corrected chi connectivity index (χ1v) is 5.42. The van der Waals surface area contributed by atoms with Crippen molar-refractivity contribution in [3.8, 4) is 0 Å². The second-order valence-corrected chi connectivity index (χ2v) is 4.15. The minimum absolute atomic E-state index is 0.156. The van der Waals surface area contributed by atoms with Crippen LogP contribution in [0.15, 0.2) is 18.2 Å². The second-order valence-electron chi connectivity index (χ2n) is 4.15. The third-order valence-electron chi connectivity index (χ3n) is 3.00. The molecule has 0 aromatic heterocycles. The van der Waals surface area contributed by atoms with Gasteiger partial charge in [-0.2, -0.15) is 0 Å². The molecule has 1 aromatic carbocycles. The van der Waals surface area contributed by atoms with Crippen LogP contribution in [0, 0.1) is 0 Å². The maximum atomic E-state index is 11.4. The van der Waals surface area contributed by atoms with Crippen molar-refractivity contribution in [3.05, 3.63) is 34.9 Å². The summed E-state index contributed by atoms with van der Waals surface area (Å²) in [6, 6.07) is 3.81. The maximum absolute atomic E-state index is 11.4. The second kappa shape index (κ2) is 5.79. The lowest BCUT2D eigenvalue weighted by atomic mass is 9.77. The molecule has 6 N–H and O–H groups in total. The van der Waals surface area contributed by atoms with E-state index in [4.69, 9.17) is 10.8 Å². The molecule has 1 amide bonds. The van der Waals surface area contributed by atoms with Crippen LogP contribution in [0.5, 0.6) is 0 Å². The third-order valence-corrected chi connectivity index (χ3v) is 3.00. The van der Waals surface area contributed by atoms with Gasteiger partial charge in [0.15, 0.2) is 0 Å². The van der Waals surface area contributed by atoms with E-state index in [0.717, 1.165) is 0 Å². The molecule has 0 unspecified atom stereocenters. The van der Waals surface area contributed by atoms with Crippen molar-refractivity contribution in [1.82, 2.24) is 0 Å². The zero-order chi connectivity index (χ0) is 14.6. The summed E-state index contributed by atoms with van der Waals surface area (Å²) >= 11 is 0. The van der Waals surface area contributed by atoms with E-state index >= 15 is 0 Å². The highest BCUT2D eigenvalue weighted by Crippen LogP contribution is 2.30. The summed E-state index contributed by atoms with van der Waals surface area (Å²) in [4.78, 5) is 22.6. The predicted octanol–water partition coefficient (Wildman–Crippen LogP) is -1.30. The molecule has 0 bridgehead atoms. The summed E-state index contributed by atoms with van der Waals surface area (Å²) in [6.07, 6.45) is 0. The molecule has 7 heteroatoms. The fourth-order valence-corrected chi connectivity index (χ4v) is 1.89. The zero-order valence-corrected chi connectivity index (χ0v) is 10.0. The molecule has 0 atom stereocenters. The van der Waals surface area contributed by atoms with Gasteiger partial charge >= 0.3 is 5.97 Å². The molecule has 104 valence electrons. The number of nitrogens with two attached hydrogens (primary N) is 1. The van der Waals surface area contributed by atoms with Crippen molar-refractivity contribution >= 4 is 11.9 Å². The molecule has 0 aliphatic carbocycles. The monoisotopic (exact) mass is 269 g/mol. The number of carboxylic acids is 1. The lowest BCUT2D eigenvalue weighted by molar-refractivity contribution is 0.0591. The number of aromatic carboxylic acids is 1. The van der Waals surface area contributed by atoms with Crippen LogP contribution in [0.25, 0.3) is 0 Å². The van der Waals surface area contributed by atoms with Gasteiger partial charge in [-0.05, 0) is 17.7 Å². The third kappa shape index (κ3) is 2.58. The first-order chi connectivity index (χ1) is 8.93. The maximum Gasteiger partial charge on any atom is 0.336 e. The molecule has 0 heterocycles. The Morgan fingerprint density at radius 3 is 1.89 bits per heavy atom. The van der Waals surface area contributed by atoms with Crippen LogP contribution >= 0.6 is 0 Å². The Labute approximate surface area is 108 Å². The fraction of sp³-hybridized carbons (Fsp3) is 0.333. The first-order valence-electron chi connectivity index (χ1n) is 5.42. The fourth-order valence-electron chi connectivity index (χ4n) is 1.89. The Bertz CT molecular complexity index is 454. The standard InChI is InChI=1S/C12H15NO6/c13-10(17)7-2-1-3-8(11(18)19)9(7)12(4-14,5-15)6-16/h1-3,14-16H,4-6H2,(H2,13,17)(H,18,19). The number of carbonyl (C=O) groups excluding carboxylic acids is 1. The van der Waals surface area contributed by atoms with E-state index in [9.17, 15) is 24.9 Å². The summed E-state index contributed by atoms with van der Waals surface area (Å²) < 4.78 is 0. The number of carboxylic acid groups (broad SMARTS) is 1. The van der Waals surface area contributed by atoms with Crippen molar-refractivity contribution in [2.75, 3.05) is 19.8 Å². The largest absolute Gasteiger partial charge is 0.478 e. The van der Waals surface area contributed by atoms with Crippen LogP contribution in [0.4, 0.5) is 0 Å². The van der Waals surface area contributed by atoms with Crippen molar-refractivity contribution < 1.29 is 30.0 Å². The van der Waals surface area contributed by atoms with E-state index < -0.39 is 37.1 Å². The number of primary amides is 1. The minimum Gasteiger partial charge on any atom is -0.478 e. The van der Waals surface area contributed by atoms with Gasteiger partial charge in [0.2, 0.25) is 5.91 Å². The Morgan fingerprint density at radius 1 is 1.05 bits per heavy atom. The molecule has 19 heavy (non-hydrogen) atoms. The van der Waals surface area contributed by atoms with Crippen LogP contribution in [-0.2, 0) is 5.41 Å². The van der Waals surface area contributed by atoms with Crippen LogP contribution in [-0.4, -0.2) is 52.1 Å². The number of aliphatic hydroxyl groups is 3. The Morgan fingerprint density at radius 2 is 1.53 bits per heavy atom. The van der Waals surface area contributed by atoms with E-state index in [1.54, 1.807) is 0 Å². The molecule has 1 aromatic rings. The summed E-state index contributed by atoms with van der Waals surface area (Å²) in [5.41, 5.74) is 2.90. The van der Waals surface area contributed by atoms with E-state index in [1.165, 1.54) is 18.2 Å². The number of amides is 1. The smallest absolute Gasteiger partial charge is 0.336 e. The van der Waals surface area contributed by atoms with Gasteiger partial charge in [-0.3, -0.25) is 4.79 Å². The van der Waals surface area contributed by atoms with E-state index in [1.807, 2.05) is 0 Å². The van der Waals surface area contributed by atoms with Gasteiger partial charge in [0.05, 0.1) is 30.8 Å². The molecular formula is C12H15NO6. The molecule has 1 rings (SSSR count). The van der Waals surface area contributed by atoms with Crippen molar-refractivity contribution in [2.24, 2.45) is 5.73 Å². The average Bonchev–Trinajstić information content (AvgIpc) is 2.41. The number of aliphatic hydroxyl groups excluding tert-OH is 3. The molecule has 0 spiro atoms. The number of rotatable bonds is 6. The number of hydrogen-bond donors (Lipinski definition) is 5. The van der Waals surface area contributed by atoms with Crippen molar-refractivity contribution in [2.45, 2.75) is 5.41 Å². The van der Waals surface area contributed by atoms with Gasteiger partial charge in [-0.1, -0.05) is 6.07 Å². The lowest BCUT2D eigenvalue weighted by Gasteiger charge is -2.30. The van der Waals surface area contributed by atoms with Crippen molar-refractivity contribution in [1.29, 1.82) is 0 Å². The van der Waals surface area contributed by atoms with Crippen LogP contribution in [0.3, 0.4) is 0 Å². The van der Waals surface area contributed by atoms with Crippen LogP contribution in [0.2, 0.25) is 0 Å². The van der Waals surface area contributed by atoms with Gasteiger partial charge in [0.25, 0.3) is 0 Å². The Hall–Kier alpha value is -1.96. The van der Waals surface area contributed by atoms with E-state index in [-0.39, 0.29) is 16.7 Å². The molecule has 0 radical (unpaired) electrons. The molecule has 0 fully saturated rings. The number of benzene rings is 1. The lowest BCUT2D eigenvalue weighted by Crippen LogP contribution is -2.42.